The molecular weight excluding hydrogens is 214 g/mol. The molecule has 0 radical (unpaired) electrons. The van der Waals surface area contributed by atoms with Crippen molar-refractivity contribution >= 4 is 5.97 Å². The van der Waals surface area contributed by atoms with Crippen molar-refractivity contribution in [3.63, 3.8) is 0 Å². The lowest BCUT2D eigenvalue weighted by Crippen LogP contribution is -2.45. The number of hydrogen-bond acceptors (Lipinski definition) is 3. The van der Waals surface area contributed by atoms with Crippen LogP contribution in [0.2, 0.25) is 0 Å². The molecule has 1 saturated carbocycles. The van der Waals surface area contributed by atoms with Gasteiger partial charge in [0.25, 0.3) is 0 Å². The highest BCUT2D eigenvalue weighted by molar-refractivity contribution is 5.75. The van der Waals surface area contributed by atoms with E-state index in [9.17, 15) is 4.79 Å². The predicted molar refractivity (Wildman–Crippen MR) is 69.9 cm³/mol. The standard InChI is InChI=1S/C14H27NO2/c1-4-7-13(14(16)17-5-2)15-12-9-6-8-11(3)10-12/h11-13,15H,4-10H2,1-3H3. The lowest BCUT2D eigenvalue weighted by atomic mass is 9.86. The maximum Gasteiger partial charge on any atom is 0.323 e. The number of rotatable bonds is 6. The van der Waals surface area contributed by atoms with Crippen molar-refractivity contribution in [2.75, 3.05) is 6.61 Å². The zero-order valence-electron chi connectivity index (χ0n) is 11.5. The molecule has 1 fully saturated rings. The minimum absolute atomic E-state index is 0.0763. The van der Waals surface area contributed by atoms with E-state index < -0.39 is 0 Å². The number of carbonyl (C=O) groups excluding carboxylic acids is 1. The Kier molecular flexibility index (Phi) is 6.56. The number of esters is 1. The van der Waals surface area contributed by atoms with Crippen LogP contribution in [-0.2, 0) is 9.53 Å². The molecule has 0 aromatic heterocycles. The molecule has 1 aliphatic rings. The molecule has 0 bridgehead atoms. The summed E-state index contributed by atoms with van der Waals surface area (Å²) < 4.78 is 5.12. The minimum Gasteiger partial charge on any atom is -0.465 e. The monoisotopic (exact) mass is 241 g/mol. The first-order chi connectivity index (χ1) is 8.17. The summed E-state index contributed by atoms with van der Waals surface area (Å²) in [4.78, 5) is 11.8. The molecule has 0 amide bonds. The van der Waals surface area contributed by atoms with Crippen molar-refractivity contribution in [2.24, 2.45) is 5.92 Å². The van der Waals surface area contributed by atoms with E-state index in [0.29, 0.717) is 12.6 Å². The van der Waals surface area contributed by atoms with Gasteiger partial charge in [-0.2, -0.15) is 0 Å². The summed E-state index contributed by atoms with van der Waals surface area (Å²) >= 11 is 0. The Morgan fingerprint density at radius 2 is 2.18 bits per heavy atom. The quantitative estimate of drug-likeness (QED) is 0.727. The average Bonchev–Trinajstić information content (AvgIpc) is 2.29. The van der Waals surface area contributed by atoms with Gasteiger partial charge in [0.2, 0.25) is 0 Å². The van der Waals surface area contributed by atoms with Crippen LogP contribution in [0.1, 0.15) is 59.3 Å². The van der Waals surface area contributed by atoms with Crippen LogP contribution in [0.4, 0.5) is 0 Å². The van der Waals surface area contributed by atoms with Gasteiger partial charge in [0.15, 0.2) is 0 Å². The van der Waals surface area contributed by atoms with Crippen LogP contribution in [0.5, 0.6) is 0 Å². The van der Waals surface area contributed by atoms with E-state index in [0.717, 1.165) is 18.8 Å². The molecule has 0 spiro atoms. The van der Waals surface area contributed by atoms with Gasteiger partial charge in [0.05, 0.1) is 6.61 Å². The van der Waals surface area contributed by atoms with E-state index in [1.807, 2.05) is 6.92 Å². The number of ether oxygens (including phenoxy) is 1. The van der Waals surface area contributed by atoms with Crippen LogP contribution < -0.4 is 5.32 Å². The van der Waals surface area contributed by atoms with Crippen molar-refractivity contribution in [2.45, 2.75) is 71.4 Å². The van der Waals surface area contributed by atoms with Gasteiger partial charge in [-0.15, -0.1) is 0 Å². The van der Waals surface area contributed by atoms with Gasteiger partial charge in [-0.1, -0.05) is 33.1 Å². The molecule has 1 aliphatic carbocycles. The van der Waals surface area contributed by atoms with Gasteiger partial charge in [0, 0.05) is 6.04 Å². The summed E-state index contributed by atoms with van der Waals surface area (Å²) in [5.74, 6) is 0.707. The van der Waals surface area contributed by atoms with E-state index in [-0.39, 0.29) is 12.0 Å². The van der Waals surface area contributed by atoms with Crippen LogP contribution >= 0.6 is 0 Å². The van der Waals surface area contributed by atoms with Crippen molar-refractivity contribution < 1.29 is 9.53 Å². The van der Waals surface area contributed by atoms with Gasteiger partial charge in [-0.05, 0) is 32.1 Å². The second-order valence-electron chi connectivity index (χ2n) is 5.23. The van der Waals surface area contributed by atoms with E-state index in [2.05, 4.69) is 19.2 Å². The second kappa shape index (κ2) is 7.70. The number of carbonyl (C=O) groups is 1. The van der Waals surface area contributed by atoms with Crippen LogP contribution in [-0.4, -0.2) is 24.7 Å². The fraction of sp³-hybridized carbons (Fsp3) is 0.929. The largest absolute Gasteiger partial charge is 0.465 e. The summed E-state index contributed by atoms with van der Waals surface area (Å²) in [5.41, 5.74) is 0. The molecule has 17 heavy (non-hydrogen) atoms. The third-order valence-corrected chi connectivity index (χ3v) is 3.52. The normalized spacial score (nSPS) is 26.5. The number of nitrogens with one attached hydrogen (secondary N) is 1. The van der Waals surface area contributed by atoms with Gasteiger partial charge in [-0.25, -0.2) is 0 Å². The molecule has 0 saturated heterocycles. The highest BCUT2D eigenvalue weighted by Gasteiger charge is 2.25. The molecule has 3 heteroatoms. The Morgan fingerprint density at radius 3 is 2.76 bits per heavy atom. The Hall–Kier alpha value is -0.570. The molecule has 100 valence electrons. The van der Waals surface area contributed by atoms with Crippen molar-refractivity contribution in [1.29, 1.82) is 0 Å². The Labute approximate surface area is 105 Å². The third-order valence-electron chi connectivity index (χ3n) is 3.52. The summed E-state index contributed by atoms with van der Waals surface area (Å²) in [5, 5.41) is 3.50. The Bertz CT molecular complexity index is 230. The van der Waals surface area contributed by atoms with Crippen LogP contribution in [0.15, 0.2) is 0 Å². The topological polar surface area (TPSA) is 38.3 Å². The van der Waals surface area contributed by atoms with Crippen LogP contribution in [0.25, 0.3) is 0 Å². The molecule has 0 aliphatic heterocycles. The molecule has 1 N–H and O–H groups in total. The zero-order chi connectivity index (χ0) is 12.7. The molecular formula is C14H27NO2. The fourth-order valence-corrected chi connectivity index (χ4v) is 2.67. The Balaban J connectivity index is 2.44. The summed E-state index contributed by atoms with van der Waals surface area (Å²) in [6.45, 7) is 6.75. The third kappa shape index (κ3) is 5.07. The molecule has 1 rings (SSSR count). The molecule has 0 heterocycles. The van der Waals surface area contributed by atoms with Gasteiger partial charge < -0.3 is 10.1 Å². The van der Waals surface area contributed by atoms with E-state index >= 15 is 0 Å². The Morgan fingerprint density at radius 1 is 1.41 bits per heavy atom. The van der Waals surface area contributed by atoms with Crippen molar-refractivity contribution in [3.8, 4) is 0 Å². The van der Waals surface area contributed by atoms with Crippen molar-refractivity contribution in [1.82, 2.24) is 5.32 Å². The SMILES string of the molecule is CCCC(NC1CCCC(C)C1)C(=O)OCC. The minimum atomic E-state index is -0.102. The van der Waals surface area contributed by atoms with E-state index in [1.54, 1.807) is 0 Å². The van der Waals surface area contributed by atoms with Crippen LogP contribution in [0, 0.1) is 5.92 Å². The lowest BCUT2D eigenvalue weighted by Gasteiger charge is -2.30. The fourth-order valence-electron chi connectivity index (χ4n) is 2.67. The lowest BCUT2D eigenvalue weighted by molar-refractivity contribution is -0.146. The molecule has 0 aromatic carbocycles. The zero-order valence-corrected chi connectivity index (χ0v) is 11.5. The molecule has 3 nitrogen and oxygen atoms in total. The summed E-state index contributed by atoms with van der Waals surface area (Å²) in [6.07, 6.45) is 6.89. The van der Waals surface area contributed by atoms with Crippen LogP contribution in [0.3, 0.4) is 0 Å². The van der Waals surface area contributed by atoms with Crippen molar-refractivity contribution in [3.05, 3.63) is 0 Å². The first kappa shape index (κ1) is 14.5. The van der Waals surface area contributed by atoms with Gasteiger partial charge in [-0.3, -0.25) is 4.79 Å². The molecule has 3 atom stereocenters. The summed E-state index contributed by atoms with van der Waals surface area (Å²) in [7, 11) is 0. The first-order valence-corrected chi connectivity index (χ1v) is 7.10. The molecule has 0 aromatic rings. The first-order valence-electron chi connectivity index (χ1n) is 7.10. The summed E-state index contributed by atoms with van der Waals surface area (Å²) in [6, 6.07) is 0.398. The number of hydrogen-bond donors (Lipinski definition) is 1. The molecule has 3 unspecified atom stereocenters. The average molecular weight is 241 g/mol. The highest BCUT2D eigenvalue weighted by atomic mass is 16.5. The maximum absolute atomic E-state index is 11.8. The van der Waals surface area contributed by atoms with E-state index in [4.69, 9.17) is 4.74 Å². The smallest absolute Gasteiger partial charge is 0.323 e. The van der Waals surface area contributed by atoms with E-state index in [1.165, 1.54) is 25.7 Å². The van der Waals surface area contributed by atoms with Gasteiger partial charge in [0.1, 0.15) is 6.04 Å². The highest BCUT2D eigenvalue weighted by Crippen LogP contribution is 2.24. The predicted octanol–water partition coefficient (Wildman–Crippen LogP) is 2.89. The second-order valence-corrected chi connectivity index (χ2v) is 5.23. The van der Waals surface area contributed by atoms with Gasteiger partial charge >= 0.3 is 5.97 Å². The maximum atomic E-state index is 11.8.